The minimum absolute atomic E-state index is 0. The Morgan fingerprint density at radius 3 is 1.54 bits per heavy atom. The average molecular weight is 584 g/mol. The van der Waals surface area contributed by atoms with E-state index in [0.717, 1.165) is 0 Å². The summed E-state index contributed by atoms with van der Waals surface area (Å²) in [5, 5.41) is 27.4. The van der Waals surface area contributed by atoms with E-state index < -0.39 is 35.8 Å². The summed E-state index contributed by atoms with van der Waals surface area (Å²) in [5.41, 5.74) is 2.42. The number of carboxylic acid groups (broad SMARTS) is 2. The molecule has 3 aromatic heterocycles. The predicted octanol–water partition coefficient (Wildman–Crippen LogP) is -8.96. The standard InChI is InChI=1S/C24H29N9O6.2Na/c34-21(32-19(23(36)37)7-17-11-27-13-29-17)3-5-25-9-15-1-2-16(31-15)10-26-6-4-22(35)33-20(24(38)39)8-18-12-28-14-30-18;;/h1-2,9-14,19-20,31H,3-8H2,(H,27,29)(H,28,30)(H,32,34)(H,33,35)(H,36,37)(H,38,39);;/q;2*+1/p-2/t19-,20-;;/m0../s1. The number of nitrogens with zero attached hydrogens (tertiary/aromatic N) is 4. The summed E-state index contributed by atoms with van der Waals surface area (Å²) in [6.45, 7) is 0.279. The molecule has 0 aliphatic rings. The van der Waals surface area contributed by atoms with Crippen LogP contribution in [-0.4, -0.2) is 86.3 Å². The van der Waals surface area contributed by atoms with Crippen molar-refractivity contribution < 1.29 is 88.5 Å². The second-order valence-electron chi connectivity index (χ2n) is 8.38. The van der Waals surface area contributed by atoms with Crippen LogP contribution in [0.25, 0.3) is 0 Å². The molecule has 2 atom stereocenters. The summed E-state index contributed by atoms with van der Waals surface area (Å²) in [7, 11) is 0. The number of carbonyl (C=O) groups is 4. The molecule has 3 rings (SSSR count). The second kappa shape index (κ2) is 19.1. The molecule has 0 aliphatic heterocycles. The molecule has 5 N–H and O–H groups in total. The van der Waals surface area contributed by atoms with Crippen LogP contribution in [0.1, 0.15) is 35.6 Å². The minimum Gasteiger partial charge on any atom is -0.548 e. The molecule has 0 unspecified atom stereocenters. The number of aromatic nitrogens is 5. The first-order valence-electron chi connectivity index (χ1n) is 11.9. The van der Waals surface area contributed by atoms with Gasteiger partial charge < -0.3 is 45.4 Å². The summed E-state index contributed by atoms with van der Waals surface area (Å²) >= 11 is 0. The van der Waals surface area contributed by atoms with Crippen LogP contribution in [-0.2, 0) is 32.0 Å². The Bertz CT molecular complexity index is 1200. The van der Waals surface area contributed by atoms with Gasteiger partial charge in [0.05, 0.1) is 48.1 Å². The zero-order valence-electron chi connectivity index (χ0n) is 22.8. The molecule has 3 heterocycles. The first kappa shape index (κ1) is 35.9. The van der Waals surface area contributed by atoms with Crippen molar-refractivity contribution in [3.8, 4) is 0 Å². The summed E-state index contributed by atoms with van der Waals surface area (Å²) in [6.07, 6.45) is 8.85. The third-order valence-electron chi connectivity index (χ3n) is 5.33. The number of aliphatic imine (C=N–C) groups is 2. The fourth-order valence-electron chi connectivity index (χ4n) is 3.39. The third-order valence-corrected chi connectivity index (χ3v) is 5.33. The van der Waals surface area contributed by atoms with Gasteiger partial charge in [-0.15, -0.1) is 0 Å². The SMILES string of the molecule is O=C(CCN=Cc1ccc(C=NCCC(=O)N[C@@H](Cc2cnc[nH]2)C(=O)[O-])[nH]1)N[C@@H](Cc1cnc[nH]1)C(=O)[O-].[Na+].[Na+]. The van der Waals surface area contributed by atoms with E-state index in [9.17, 15) is 29.4 Å². The van der Waals surface area contributed by atoms with Crippen molar-refractivity contribution in [2.75, 3.05) is 13.1 Å². The van der Waals surface area contributed by atoms with E-state index in [-0.39, 0.29) is 97.9 Å². The Kier molecular flexibility index (Phi) is 16.8. The molecule has 0 bridgehead atoms. The Labute approximate surface area is 279 Å². The topological polar surface area (TPSA) is 236 Å². The van der Waals surface area contributed by atoms with Gasteiger partial charge in [-0.25, -0.2) is 9.97 Å². The van der Waals surface area contributed by atoms with Crippen LogP contribution >= 0.6 is 0 Å². The number of H-pyrrole nitrogens is 3. The molecule has 0 aliphatic carbocycles. The fraction of sp³-hybridized carbons (Fsp3) is 0.333. The van der Waals surface area contributed by atoms with Gasteiger partial charge in [-0.3, -0.25) is 19.6 Å². The average Bonchev–Trinajstić information content (AvgIpc) is 3.67. The number of nitrogens with one attached hydrogen (secondary N) is 5. The number of rotatable bonds is 16. The van der Waals surface area contributed by atoms with Crippen LogP contribution in [0.2, 0.25) is 0 Å². The van der Waals surface area contributed by atoms with E-state index in [1.807, 2.05) is 0 Å². The van der Waals surface area contributed by atoms with Crippen LogP contribution in [0.15, 0.2) is 47.2 Å². The Morgan fingerprint density at radius 1 is 0.780 bits per heavy atom. The van der Waals surface area contributed by atoms with Gasteiger partial charge in [-0.1, -0.05) is 0 Å². The molecule has 0 saturated carbocycles. The molecular formula is C24H27N9Na2O6. The predicted molar refractivity (Wildman–Crippen MR) is 133 cm³/mol. The smallest absolute Gasteiger partial charge is 0.548 e. The van der Waals surface area contributed by atoms with Crippen molar-refractivity contribution in [2.45, 2.75) is 37.8 Å². The van der Waals surface area contributed by atoms with Crippen molar-refractivity contribution in [1.82, 2.24) is 35.6 Å². The summed E-state index contributed by atoms with van der Waals surface area (Å²) in [5.74, 6) is -3.74. The molecule has 2 amide bonds. The molecule has 0 fully saturated rings. The van der Waals surface area contributed by atoms with Gasteiger partial charge in [0.2, 0.25) is 11.8 Å². The van der Waals surface area contributed by atoms with Gasteiger partial charge in [0.15, 0.2) is 0 Å². The van der Waals surface area contributed by atoms with Gasteiger partial charge >= 0.3 is 59.1 Å². The summed E-state index contributed by atoms with van der Waals surface area (Å²) in [6, 6.07) is 1.12. The Morgan fingerprint density at radius 2 is 1.20 bits per heavy atom. The number of imidazole rings is 2. The Balaban J connectivity index is 0.00000420. The monoisotopic (exact) mass is 583 g/mol. The first-order chi connectivity index (χ1) is 18.8. The van der Waals surface area contributed by atoms with Gasteiger partial charge in [0, 0.05) is 75.0 Å². The zero-order chi connectivity index (χ0) is 28.0. The number of hydrogen-bond donors (Lipinski definition) is 5. The maximum absolute atomic E-state index is 12.1. The first-order valence-corrected chi connectivity index (χ1v) is 11.9. The number of carbonyl (C=O) groups excluding carboxylic acids is 4. The second-order valence-corrected chi connectivity index (χ2v) is 8.38. The molecule has 41 heavy (non-hydrogen) atoms. The fourth-order valence-corrected chi connectivity index (χ4v) is 3.39. The molecule has 17 heteroatoms. The van der Waals surface area contributed by atoms with Gasteiger partial charge in [0.25, 0.3) is 0 Å². The number of hydrogen-bond acceptors (Lipinski definition) is 10. The van der Waals surface area contributed by atoms with E-state index in [4.69, 9.17) is 0 Å². The quantitative estimate of drug-likeness (QED) is 0.0800. The normalized spacial score (nSPS) is 12.3. The van der Waals surface area contributed by atoms with Gasteiger partial charge in [0.1, 0.15) is 0 Å². The Hall–Kier alpha value is -3.08. The van der Waals surface area contributed by atoms with Crippen molar-refractivity contribution in [2.24, 2.45) is 9.98 Å². The van der Waals surface area contributed by atoms with Crippen molar-refractivity contribution in [3.63, 3.8) is 0 Å². The maximum Gasteiger partial charge on any atom is 1.00 e. The van der Waals surface area contributed by atoms with Crippen molar-refractivity contribution >= 4 is 36.2 Å². The number of aliphatic carboxylic acids is 2. The maximum atomic E-state index is 12.1. The molecule has 3 aromatic rings. The molecule has 0 radical (unpaired) electrons. The molecule has 15 nitrogen and oxygen atoms in total. The minimum atomic E-state index is -1.39. The van der Waals surface area contributed by atoms with Crippen molar-refractivity contribution in [1.29, 1.82) is 0 Å². The van der Waals surface area contributed by atoms with Crippen molar-refractivity contribution in [3.05, 3.63) is 60.0 Å². The van der Waals surface area contributed by atoms with Crippen LogP contribution < -0.4 is 80.0 Å². The summed E-state index contributed by atoms with van der Waals surface area (Å²) < 4.78 is 0. The number of aromatic amines is 3. The molecule has 206 valence electrons. The molecule has 0 spiro atoms. The summed E-state index contributed by atoms with van der Waals surface area (Å²) in [4.78, 5) is 71.2. The number of amides is 2. The van der Waals surface area contributed by atoms with Gasteiger partial charge in [-0.2, -0.15) is 0 Å². The third kappa shape index (κ3) is 13.4. The van der Waals surface area contributed by atoms with Gasteiger partial charge in [-0.05, 0) is 12.1 Å². The van der Waals surface area contributed by atoms with E-state index >= 15 is 0 Å². The van der Waals surface area contributed by atoms with Crippen LogP contribution in [0.3, 0.4) is 0 Å². The van der Waals surface area contributed by atoms with Crippen LogP contribution in [0, 0.1) is 0 Å². The molecule has 0 saturated heterocycles. The van der Waals surface area contributed by atoms with E-state index in [0.29, 0.717) is 22.8 Å². The van der Waals surface area contributed by atoms with E-state index in [2.05, 4.69) is 45.5 Å². The molecule has 0 aromatic carbocycles. The van der Waals surface area contributed by atoms with Crippen LogP contribution in [0.5, 0.6) is 0 Å². The largest absolute Gasteiger partial charge is 1.00 e. The van der Waals surface area contributed by atoms with E-state index in [1.54, 1.807) is 12.1 Å². The van der Waals surface area contributed by atoms with Crippen LogP contribution in [0.4, 0.5) is 0 Å². The van der Waals surface area contributed by atoms with E-state index in [1.165, 1.54) is 37.5 Å². The molecular weight excluding hydrogens is 556 g/mol. The number of carboxylic acids is 2. The zero-order valence-corrected chi connectivity index (χ0v) is 26.8.